The summed E-state index contributed by atoms with van der Waals surface area (Å²) < 4.78 is 16.2. The highest BCUT2D eigenvalue weighted by Gasteiger charge is 2.46. The van der Waals surface area contributed by atoms with Crippen molar-refractivity contribution in [3.63, 3.8) is 0 Å². The van der Waals surface area contributed by atoms with Gasteiger partial charge in [0.05, 0.1) is 49.1 Å². The van der Waals surface area contributed by atoms with Crippen molar-refractivity contribution < 1.29 is 23.8 Å². The lowest BCUT2D eigenvalue weighted by Gasteiger charge is -2.37. The summed E-state index contributed by atoms with van der Waals surface area (Å²) in [6.07, 6.45) is 1.41. The zero-order valence-electron chi connectivity index (χ0n) is 24.7. The number of aromatic nitrogens is 2. The number of imidazole rings is 1. The molecule has 0 unspecified atom stereocenters. The number of nitrogens with one attached hydrogen (secondary N) is 2. The summed E-state index contributed by atoms with van der Waals surface area (Å²) in [6.45, 7) is 5.33. The molecule has 0 fully saturated rings. The van der Waals surface area contributed by atoms with Gasteiger partial charge >= 0.3 is 0 Å². The zero-order valence-corrected chi connectivity index (χ0v) is 24.7. The number of hydrogen-bond acceptors (Lipinski definition) is 8. The van der Waals surface area contributed by atoms with Gasteiger partial charge in [-0.2, -0.15) is 0 Å². The number of benzene rings is 3. The first-order valence-corrected chi connectivity index (χ1v) is 13.9. The van der Waals surface area contributed by atoms with E-state index in [9.17, 15) is 9.59 Å². The number of nitrogen functional groups attached to an aromatic ring is 1. The van der Waals surface area contributed by atoms with Crippen LogP contribution >= 0.6 is 0 Å². The predicted molar refractivity (Wildman–Crippen MR) is 162 cm³/mol. The largest absolute Gasteiger partial charge is 0.496 e. The molecular formula is C32H37N5O5. The number of rotatable bonds is 11. The Hall–Kier alpha value is -4.57. The van der Waals surface area contributed by atoms with E-state index in [1.807, 2.05) is 56.3 Å². The molecule has 0 saturated heterocycles. The Balaban J connectivity index is 1.32. The third kappa shape index (κ3) is 5.14. The fraction of sp³-hybridized carbons (Fsp3) is 0.344. The van der Waals surface area contributed by atoms with Crippen LogP contribution in [0.4, 0.5) is 5.69 Å². The first-order valence-electron chi connectivity index (χ1n) is 13.9. The maximum absolute atomic E-state index is 13.9. The molecule has 1 aromatic heterocycles. The molecule has 3 aromatic carbocycles. The van der Waals surface area contributed by atoms with Gasteiger partial charge in [-0.25, -0.2) is 4.98 Å². The number of amides is 2. The molecule has 4 aromatic rings. The maximum Gasteiger partial charge on any atom is 0.263 e. The monoisotopic (exact) mass is 571 g/mol. The third-order valence-corrected chi connectivity index (χ3v) is 7.85. The molecule has 0 radical (unpaired) electrons. The van der Waals surface area contributed by atoms with Crippen LogP contribution < -0.4 is 25.3 Å². The van der Waals surface area contributed by atoms with Crippen LogP contribution in [0.1, 0.15) is 41.8 Å². The standard InChI is InChI=1S/C32H37N5O5/c1-32(2)21-18-22(33)27-28(36-29(35-27)20-9-6-7-10-23(20)40-3)26(21)30(38)37(31(32)39)16-8-14-34-15-13-19-11-12-24(41-4)25(17-19)42-5/h6-7,9-12,17-18,34H,8,13-16,33H2,1-5H3,(H,35,36). The SMILES string of the molecule is COc1ccc(CCNCCCN2C(=O)c3c(cc(N)c4[nH]c(-c5ccccc5OC)nc34)C(C)(C)C2=O)cc1OC. The van der Waals surface area contributed by atoms with E-state index in [-0.39, 0.29) is 11.8 Å². The lowest BCUT2D eigenvalue weighted by atomic mass is 9.76. The number of imide groups is 1. The molecule has 5 rings (SSSR count). The normalized spacial score (nSPS) is 14.3. The number of fused-ring (bicyclic) bond motifs is 3. The van der Waals surface area contributed by atoms with Crippen LogP contribution in [-0.2, 0) is 16.6 Å². The maximum atomic E-state index is 13.9. The summed E-state index contributed by atoms with van der Waals surface area (Å²) >= 11 is 0. The molecule has 4 N–H and O–H groups in total. The number of carbonyl (C=O) groups excluding carboxylic acids is 2. The van der Waals surface area contributed by atoms with Crippen LogP contribution in [-0.4, -0.2) is 67.6 Å². The highest BCUT2D eigenvalue weighted by atomic mass is 16.5. The van der Waals surface area contributed by atoms with E-state index in [0.29, 0.717) is 70.4 Å². The number of para-hydroxylation sites is 1. The van der Waals surface area contributed by atoms with E-state index in [1.165, 1.54) is 4.90 Å². The van der Waals surface area contributed by atoms with E-state index < -0.39 is 5.41 Å². The Bertz CT molecular complexity index is 1640. The molecule has 0 aliphatic carbocycles. The van der Waals surface area contributed by atoms with Crippen LogP contribution in [0.25, 0.3) is 22.4 Å². The van der Waals surface area contributed by atoms with Crippen LogP contribution in [0.3, 0.4) is 0 Å². The molecule has 220 valence electrons. The van der Waals surface area contributed by atoms with Crippen LogP contribution in [0.15, 0.2) is 48.5 Å². The molecule has 42 heavy (non-hydrogen) atoms. The fourth-order valence-corrected chi connectivity index (χ4v) is 5.51. The quantitative estimate of drug-likeness (QED) is 0.138. The smallest absolute Gasteiger partial charge is 0.263 e. The molecule has 0 atom stereocenters. The van der Waals surface area contributed by atoms with Gasteiger partial charge in [-0.3, -0.25) is 14.5 Å². The van der Waals surface area contributed by atoms with Gasteiger partial charge in [0.2, 0.25) is 5.91 Å². The van der Waals surface area contributed by atoms with Gasteiger partial charge in [0.25, 0.3) is 5.91 Å². The molecule has 2 heterocycles. The lowest BCUT2D eigenvalue weighted by Crippen LogP contribution is -2.52. The molecule has 1 aliphatic rings. The number of H-pyrrole nitrogens is 1. The van der Waals surface area contributed by atoms with Crippen molar-refractivity contribution in [2.75, 3.05) is 46.7 Å². The first kappa shape index (κ1) is 28.9. The van der Waals surface area contributed by atoms with E-state index >= 15 is 0 Å². The number of nitrogens with zero attached hydrogens (tertiary/aromatic N) is 2. The molecular weight excluding hydrogens is 534 g/mol. The van der Waals surface area contributed by atoms with E-state index in [1.54, 1.807) is 27.4 Å². The Labute approximate surface area is 245 Å². The summed E-state index contributed by atoms with van der Waals surface area (Å²) in [5.41, 5.74) is 9.78. The molecule has 2 amide bonds. The van der Waals surface area contributed by atoms with E-state index in [0.717, 1.165) is 24.1 Å². The van der Waals surface area contributed by atoms with Crippen molar-refractivity contribution in [1.29, 1.82) is 0 Å². The fourth-order valence-electron chi connectivity index (χ4n) is 5.51. The summed E-state index contributed by atoms with van der Waals surface area (Å²) in [6, 6.07) is 15.1. The summed E-state index contributed by atoms with van der Waals surface area (Å²) in [7, 11) is 4.83. The summed E-state index contributed by atoms with van der Waals surface area (Å²) in [4.78, 5) is 36.9. The van der Waals surface area contributed by atoms with Crippen molar-refractivity contribution >= 4 is 28.5 Å². The van der Waals surface area contributed by atoms with Crippen LogP contribution in [0.5, 0.6) is 17.2 Å². The van der Waals surface area contributed by atoms with Crippen molar-refractivity contribution in [2.24, 2.45) is 0 Å². The second-order valence-electron chi connectivity index (χ2n) is 10.8. The second-order valence-corrected chi connectivity index (χ2v) is 10.8. The minimum absolute atomic E-state index is 0.246. The highest BCUT2D eigenvalue weighted by Crippen LogP contribution is 2.41. The van der Waals surface area contributed by atoms with Gasteiger partial charge in [-0.1, -0.05) is 18.2 Å². The molecule has 0 spiro atoms. The summed E-state index contributed by atoms with van der Waals surface area (Å²) in [5, 5.41) is 3.41. The predicted octanol–water partition coefficient (Wildman–Crippen LogP) is 4.32. The van der Waals surface area contributed by atoms with Crippen molar-refractivity contribution in [1.82, 2.24) is 20.2 Å². The van der Waals surface area contributed by atoms with Gasteiger partial charge in [-0.05, 0) is 81.2 Å². The summed E-state index contributed by atoms with van der Waals surface area (Å²) in [5.74, 6) is 1.97. The number of ether oxygens (including phenoxy) is 3. The minimum atomic E-state index is -0.948. The number of nitrogens with two attached hydrogens (primary N) is 1. The molecule has 10 heteroatoms. The number of aromatic amines is 1. The zero-order chi connectivity index (χ0) is 30.0. The molecule has 1 aliphatic heterocycles. The van der Waals surface area contributed by atoms with E-state index in [2.05, 4.69) is 10.3 Å². The van der Waals surface area contributed by atoms with Gasteiger partial charge in [0.15, 0.2) is 11.5 Å². The van der Waals surface area contributed by atoms with Gasteiger partial charge in [0.1, 0.15) is 17.1 Å². The average Bonchev–Trinajstić information content (AvgIpc) is 3.45. The van der Waals surface area contributed by atoms with Crippen molar-refractivity contribution in [3.05, 3.63) is 65.2 Å². The average molecular weight is 572 g/mol. The number of anilines is 1. The van der Waals surface area contributed by atoms with Gasteiger partial charge < -0.3 is 30.2 Å². The number of carbonyl (C=O) groups is 2. The lowest BCUT2D eigenvalue weighted by molar-refractivity contribution is -0.134. The molecule has 10 nitrogen and oxygen atoms in total. The van der Waals surface area contributed by atoms with Crippen LogP contribution in [0, 0.1) is 0 Å². The molecule has 0 saturated carbocycles. The molecule has 0 bridgehead atoms. The minimum Gasteiger partial charge on any atom is -0.496 e. The highest BCUT2D eigenvalue weighted by molar-refractivity contribution is 6.19. The van der Waals surface area contributed by atoms with Crippen LogP contribution in [0.2, 0.25) is 0 Å². The number of hydrogen-bond donors (Lipinski definition) is 3. The Morgan fingerprint density at radius 1 is 0.952 bits per heavy atom. The number of methoxy groups -OCH3 is 3. The van der Waals surface area contributed by atoms with Gasteiger partial charge in [0, 0.05) is 6.54 Å². The van der Waals surface area contributed by atoms with Gasteiger partial charge in [-0.15, -0.1) is 0 Å². The Morgan fingerprint density at radius 2 is 1.69 bits per heavy atom. The van der Waals surface area contributed by atoms with E-state index in [4.69, 9.17) is 24.9 Å². The van der Waals surface area contributed by atoms with Crippen molar-refractivity contribution in [2.45, 2.75) is 32.1 Å². The van der Waals surface area contributed by atoms with Crippen molar-refractivity contribution in [3.8, 4) is 28.6 Å². The topological polar surface area (TPSA) is 132 Å². The Kier molecular flexibility index (Phi) is 8.08. The second kappa shape index (κ2) is 11.7. The Morgan fingerprint density at radius 3 is 2.43 bits per heavy atom. The third-order valence-electron chi connectivity index (χ3n) is 7.85. The first-order chi connectivity index (χ1) is 20.2.